The second-order valence-electron chi connectivity index (χ2n) is 4.17. The van der Waals surface area contributed by atoms with Crippen molar-refractivity contribution in [2.45, 2.75) is 32.7 Å². The van der Waals surface area contributed by atoms with Crippen LogP contribution in [-0.2, 0) is 11.3 Å². The predicted molar refractivity (Wildman–Crippen MR) is 62.9 cm³/mol. The van der Waals surface area contributed by atoms with Crippen molar-refractivity contribution in [3.63, 3.8) is 0 Å². The molecule has 0 saturated heterocycles. The third kappa shape index (κ3) is 4.31. The van der Waals surface area contributed by atoms with Gasteiger partial charge in [0.2, 0.25) is 0 Å². The number of hydrogen-bond donors (Lipinski definition) is 2. The molecule has 1 aromatic rings. The maximum absolute atomic E-state index is 9.68. The fraction of sp³-hybridized carbons (Fsp3) is 0.538. The van der Waals surface area contributed by atoms with E-state index in [2.05, 4.69) is 0 Å². The maximum Gasteiger partial charge on any atom is 0.0823 e. The molecule has 0 bridgehead atoms. The number of hydrogen-bond acceptors (Lipinski definition) is 3. The van der Waals surface area contributed by atoms with Gasteiger partial charge in [0.1, 0.15) is 0 Å². The molecule has 0 aliphatic rings. The number of benzene rings is 1. The highest BCUT2D eigenvalue weighted by Gasteiger charge is 2.18. The van der Waals surface area contributed by atoms with Gasteiger partial charge in [-0.15, -0.1) is 0 Å². The van der Waals surface area contributed by atoms with Crippen LogP contribution in [0, 0.1) is 5.92 Å². The van der Waals surface area contributed by atoms with Gasteiger partial charge in [0.25, 0.3) is 0 Å². The van der Waals surface area contributed by atoms with Crippen LogP contribution in [0.4, 0.5) is 0 Å². The van der Waals surface area contributed by atoms with Crippen LogP contribution in [0.3, 0.4) is 0 Å². The summed E-state index contributed by atoms with van der Waals surface area (Å²) in [6, 6.07) is 9.81. The molecule has 0 unspecified atom stereocenters. The molecule has 90 valence electrons. The Morgan fingerprint density at radius 2 is 1.75 bits per heavy atom. The first-order valence-electron chi connectivity index (χ1n) is 5.59. The third-order valence-corrected chi connectivity index (χ3v) is 2.77. The first kappa shape index (κ1) is 13.2. The van der Waals surface area contributed by atoms with Crippen molar-refractivity contribution in [1.82, 2.24) is 0 Å². The summed E-state index contributed by atoms with van der Waals surface area (Å²) >= 11 is 0. The van der Waals surface area contributed by atoms with Crippen LogP contribution in [0.1, 0.15) is 19.4 Å². The van der Waals surface area contributed by atoms with E-state index in [1.54, 1.807) is 13.8 Å². The van der Waals surface area contributed by atoms with Crippen LogP contribution < -0.4 is 0 Å². The first-order chi connectivity index (χ1) is 7.61. The average molecular weight is 224 g/mol. The van der Waals surface area contributed by atoms with Crippen molar-refractivity contribution in [2.75, 3.05) is 6.61 Å². The molecule has 1 rings (SSSR count). The van der Waals surface area contributed by atoms with Crippen LogP contribution in [0.25, 0.3) is 0 Å². The topological polar surface area (TPSA) is 49.7 Å². The molecule has 0 saturated carbocycles. The Morgan fingerprint density at radius 3 is 2.31 bits per heavy atom. The molecule has 1 aromatic carbocycles. The zero-order valence-electron chi connectivity index (χ0n) is 9.84. The standard InChI is InChI=1S/C13H20O3/c1-10(11(2)14)13(15)9-16-8-12-6-4-3-5-7-12/h3-7,10-11,13-15H,8-9H2,1-2H3/t10-,11+,13+/m0/s1. The summed E-state index contributed by atoms with van der Waals surface area (Å²) in [5, 5.41) is 19.0. The van der Waals surface area contributed by atoms with Crippen molar-refractivity contribution in [1.29, 1.82) is 0 Å². The van der Waals surface area contributed by atoms with E-state index < -0.39 is 12.2 Å². The van der Waals surface area contributed by atoms with Gasteiger partial charge < -0.3 is 14.9 Å². The molecule has 0 heterocycles. The molecule has 3 nitrogen and oxygen atoms in total. The second-order valence-corrected chi connectivity index (χ2v) is 4.17. The molecular weight excluding hydrogens is 204 g/mol. The molecule has 0 radical (unpaired) electrons. The minimum atomic E-state index is -0.622. The Kier molecular flexibility index (Phi) is 5.46. The molecular formula is C13H20O3. The SMILES string of the molecule is C[C@H]([C@H](O)COCc1ccccc1)[C@@H](C)O. The zero-order valence-corrected chi connectivity index (χ0v) is 9.84. The van der Waals surface area contributed by atoms with Gasteiger partial charge in [-0.05, 0) is 12.5 Å². The van der Waals surface area contributed by atoms with Gasteiger partial charge in [-0.25, -0.2) is 0 Å². The quantitative estimate of drug-likeness (QED) is 0.771. The smallest absolute Gasteiger partial charge is 0.0823 e. The van der Waals surface area contributed by atoms with Gasteiger partial charge in [0.05, 0.1) is 25.4 Å². The monoisotopic (exact) mass is 224 g/mol. The third-order valence-electron chi connectivity index (χ3n) is 2.77. The van der Waals surface area contributed by atoms with Gasteiger partial charge in [-0.1, -0.05) is 37.3 Å². The molecule has 0 amide bonds. The van der Waals surface area contributed by atoms with E-state index in [1.807, 2.05) is 30.3 Å². The van der Waals surface area contributed by atoms with Gasteiger partial charge in [-0.3, -0.25) is 0 Å². The fourth-order valence-corrected chi connectivity index (χ4v) is 1.35. The predicted octanol–water partition coefficient (Wildman–Crippen LogP) is 1.58. The Morgan fingerprint density at radius 1 is 1.12 bits per heavy atom. The Bertz CT molecular complexity index is 284. The molecule has 0 aliphatic heterocycles. The number of aliphatic hydroxyl groups excluding tert-OH is 2. The minimum Gasteiger partial charge on any atom is -0.393 e. The van der Waals surface area contributed by atoms with Crippen LogP contribution in [-0.4, -0.2) is 29.0 Å². The molecule has 3 atom stereocenters. The van der Waals surface area contributed by atoms with E-state index in [1.165, 1.54) is 0 Å². The van der Waals surface area contributed by atoms with Crippen LogP contribution in [0.5, 0.6) is 0 Å². The van der Waals surface area contributed by atoms with Gasteiger partial charge in [0, 0.05) is 5.92 Å². The lowest BCUT2D eigenvalue weighted by atomic mass is 10.0. The lowest BCUT2D eigenvalue weighted by molar-refractivity contribution is -0.0307. The van der Waals surface area contributed by atoms with Crippen molar-refractivity contribution >= 4 is 0 Å². The van der Waals surface area contributed by atoms with Crippen LogP contribution in [0.2, 0.25) is 0 Å². The fourth-order valence-electron chi connectivity index (χ4n) is 1.35. The normalized spacial score (nSPS) is 16.8. The Labute approximate surface area is 96.7 Å². The highest BCUT2D eigenvalue weighted by atomic mass is 16.5. The van der Waals surface area contributed by atoms with E-state index in [9.17, 15) is 10.2 Å². The summed E-state index contributed by atoms with van der Waals surface area (Å²) in [5.41, 5.74) is 1.08. The maximum atomic E-state index is 9.68. The van der Waals surface area contributed by atoms with Crippen molar-refractivity contribution in [3.8, 4) is 0 Å². The van der Waals surface area contributed by atoms with E-state index in [0.717, 1.165) is 5.56 Å². The number of aliphatic hydroxyl groups is 2. The number of ether oxygens (including phenoxy) is 1. The Hall–Kier alpha value is -0.900. The van der Waals surface area contributed by atoms with E-state index in [4.69, 9.17) is 4.74 Å². The lowest BCUT2D eigenvalue weighted by Gasteiger charge is -2.21. The zero-order chi connectivity index (χ0) is 12.0. The summed E-state index contributed by atoms with van der Waals surface area (Å²) in [5.74, 6) is -0.171. The second kappa shape index (κ2) is 6.63. The van der Waals surface area contributed by atoms with Crippen molar-refractivity contribution in [2.24, 2.45) is 5.92 Å². The summed E-state index contributed by atoms with van der Waals surface area (Å²) in [7, 11) is 0. The van der Waals surface area contributed by atoms with E-state index >= 15 is 0 Å². The molecule has 0 aromatic heterocycles. The minimum absolute atomic E-state index is 0.171. The molecule has 0 aliphatic carbocycles. The van der Waals surface area contributed by atoms with E-state index in [0.29, 0.717) is 6.61 Å². The summed E-state index contributed by atoms with van der Waals surface area (Å²) in [6.45, 7) is 4.22. The molecule has 16 heavy (non-hydrogen) atoms. The number of rotatable bonds is 6. The summed E-state index contributed by atoms with van der Waals surface area (Å²) < 4.78 is 5.39. The van der Waals surface area contributed by atoms with Crippen molar-refractivity contribution < 1.29 is 14.9 Å². The van der Waals surface area contributed by atoms with E-state index in [-0.39, 0.29) is 12.5 Å². The highest BCUT2D eigenvalue weighted by molar-refractivity contribution is 5.13. The molecule has 0 spiro atoms. The first-order valence-corrected chi connectivity index (χ1v) is 5.59. The van der Waals surface area contributed by atoms with Crippen LogP contribution >= 0.6 is 0 Å². The summed E-state index contributed by atoms with van der Waals surface area (Å²) in [6.07, 6.45) is -1.14. The van der Waals surface area contributed by atoms with Gasteiger partial charge in [-0.2, -0.15) is 0 Å². The molecule has 2 N–H and O–H groups in total. The van der Waals surface area contributed by atoms with Gasteiger partial charge in [0.15, 0.2) is 0 Å². The average Bonchev–Trinajstić information content (AvgIpc) is 2.29. The lowest BCUT2D eigenvalue weighted by Crippen LogP contribution is -2.31. The molecule has 3 heteroatoms. The summed E-state index contributed by atoms with van der Waals surface area (Å²) in [4.78, 5) is 0. The Balaban J connectivity index is 2.25. The van der Waals surface area contributed by atoms with Crippen LogP contribution in [0.15, 0.2) is 30.3 Å². The largest absolute Gasteiger partial charge is 0.393 e. The van der Waals surface area contributed by atoms with Crippen molar-refractivity contribution in [3.05, 3.63) is 35.9 Å². The molecule has 0 fully saturated rings. The highest BCUT2D eigenvalue weighted by Crippen LogP contribution is 2.09. The van der Waals surface area contributed by atoms with Gasteiger partial charge >= 0.3 is 0 Å².